The Morgan fingerprint density at radius 2 is 2.08 bits per heavy atom. The molecule has 0 saturated heterocycles. The first-order valence-electron chi connectivity index (χ1n) is 3.35. The molecule has 0 aromatic heterocycles. The van der Waals surface area contributed by atoms with Crippen LogP contribution >= 0.6 is 0 Å². The Morgan fingerprint density at radius 1 is 1.50 bits per heavy atom. The second kappa shape index (κ2) is 2.73. The summed E-state index contributed by atoms with van der Waals surface area (Å²) in [6.45, 7) is 1.51. The molecular weight excluding hydrogens is 158 g/mol. The lowest BCUT2D eigenvalue weighted by Gasteiger charge is -2.05. The lowest BCUT2D eigenvalue weighted by atomic mass is 10.1. The van der Waals surface area contributed by atoms with Crippen LogP contribution in [0.5, 0.6) is 5.75 Å². The van der Waals surface area contributed by atoms with Crippen LogP contribution in [0, 0.1) is 6.92 Å². The van der Waals surface area contributed by atoms with Gasteiger partial charge in [0.15, 0.2) is 0 Å². The molecule has 1 rings (SSSR count). The fourth-order valence-corrected chi connectivity index (χ4v) is 1.01. The van der Waals surface area contributed by atoms with E-state index in [1.807, 2.05) is 0 Å². The number of nitrogen functional groups attached to an aromatic ring is 1. The topological polar surface area (TPSA) is 83.5 Å². The van der Waals surface area contributed by atoms with Crippen molar-refractivity contribution in [3.05, 3.63) is 23.3 Å². The molecule has 0 saturated carbocycles. The van der Waals surface area contributed by atoms with E-state index in [4.69, 9.17) is 15.9 Å². The highest BCUT2D eigenvalue weighted by atomic mass is 16.4. The largest absolute Gasteiger partial charge is 0.508 e. The van der Waals surface area contributed by atoms with Gasteiger partial charge in [-0.05, 0) is 19.1 Å². The lowest BCUT2D eigenvalue weighted by molar-refractivity contribution is 0.0697. The molecule has 1 aromatic carbocycles. The van der Waals surface area contributed by atoms with Gasteiger partial charge in [-0.3, -0.25) is 0 Å². The summed E-state index contributed by atoms with van der Waals surface area (Å²) in [6, 6.07) is 2.74. The minimum atomic E-state index is -1.12. The first-order valence-corrected chi connectivity index (χ1v) is 3.35. The Kier molecular flexibility index (Phi) is 1.91. The van der Waals surface area contributed by atoms with Gasteiger partial charge in [-0.2, -0.15) is 0 Å². The van der Waals surface area contributed by atoms with E-state index in [1.165, 1.54) is 19.1 Å². The predicted octanol–water partition coefficient (Wildman–Crippen LogP) is 0.981. The zero-order chi connectivity index (χ0) is 9.30. The number of phenols is 1. The summed E-state index contributed by atoms with van der Waals surface area (Å²) < 4.78 is 0. The maximum atomic E-state index is 10.6. The smallest absolute Gasteiger partial charge is 0.338 e. The van der Waals surface area contributed by atoms with E-state index in [1.54, 1.807) is 0 Å². The van der Waals surface area contributed by atoms with Gasteiger partial charge in [-0.1, -0.05) is 0 Å². The van der Waals surface area contributed by atoms with Crippen LogP contribution in [0.2, 0.25) is 0 Å². The molecule has 4 heteroatoms. The molecule has 0 radical (unpaired) electrons. The molecule has 64 valence electrons. The van der Waals surface area contributed by atoms with E-state index in [2.05, 4.69) is 0 Å². The average molecular weight is 167 g/mol. The van der Waals surface area contributed by atoms with Crippen molar-refractivity contribution in [3.63, 3.8) is 0 Å². The molecule has 0 heterocycles. The zero-order valence-corrected chi connectivity index (χ0v) is 6.53. The number of aromatic hydroxyl groups is 1. The van der Waals surface area contributed by atoms with Crippen molar-refractivity contribution in [1.82, 2.24) is 0 Å². The van der Waals surface area contributed by atoms with Crippen molar-refractivity contribution in [2.24, 2.45) is 0 Å². The Hall–Kier alpha value is -1.71. The quantitative estimate of drug-likeness (QED) is 0.430. The molecule has 0 aliphatic rings. The van der Waals surface area contributed by atoms with Crippen molar-refractivity contribution < 1.29 is 15.0 Å². The zero-order valence-electron chi connectivity index (χ0n) is 6.53. The summed E-state index contributed by atoms with van der Waals surface area (Å²) in [5.41, 5.74) is 5.83. The van der Waals surface area contributed by atoms with Crippen molar-refractivity contribution >= 4 is 11.7 Å². The van der Waals surface area contributed by atoms with Crippen LogP contribution in [0.4, 0.5) is 5.69 Å². The Bertz CT molecular complexity index is 333. The maximum Gasteiger partial charge on any atom is 0.338 e. The number of carboxylic acids is 1. The molecule has 1 aromatic rings. The highest BCUT2D eigenvalue weighted by molar-refractivity contribution is 5.96. The molecule has 0 fully saturated rings. The van der Waals surface area contributed by atoms with Gasteiger partial charge in [0, 0.05) is 11.3 Å². The number of anilines is 1. The standard InChI is InChI=1S/C8H9NO3/c1-4-6(10)3-2-5(9)7(4)8(11)12/h2-3,10H,9H2,1H3,(H,11,12). The SMILES string of the molecule is Cc1c(O)ccc(N)c1C(=O)O. The molecule has 0 aliphatic heterocycles. The number of carboxylic acid groups (broad SMARTS) is 1. The number of aromatic carboxylic acids is 1. The fraction of sp³-hybridized carbons (Fsp3) is 0.125. The number of rotatable bonds is 1. The van der Waals surface area contributed by atoms with Gasteiger partial charge in [0.2, 0.25) is 0 Å². The van der Waals surface area contributed by atoms with Gasteiger partial charge in [0.25, 0.3) is 0 Å². The van der Waals surface area contributed by atoms with Crippen LogP contribution in [-0.2, 0) is 0 Å². The van der Waals surface area contributed by atoms with E-state index in [9.17, 15) is 4.79 Å². The highest BCUT2D eigenvalue weighted by Crippen LogP contribution is 2.24. The van der Waals surface area contributed by atoms with E-state index in [0.717, 1.165) is 0 Å². The third-order valence-electron chi connectivity index (χ3n) is 1.68. The lowest BCUT2D eigenvalue weighted by Crippen LogP contribution is -2.04. The van der Waals surface area contributed by atoms with Crippen molar-refractivity contribution in [1.29, 1.82) is 0 Å². The molecule has 0 atom stereocenters. The molecule has 0 aliphatic carbocycles. The second-order valence-electron chi connectivity index (χ2n) is 2.48. The average Bonchev–Trinajstić information content (AvgIpc) is 1.97. The van der Waals surface area contributed by atoms with Gasteiger partial charge in [-0.15, -0.1) is 0 Å². The van der Waals surface area contributed by atoms with Gasteiger partial charge in [-0.25, -0.2) is 4.79 Å². The minimum Gasteiger partial charge on any atom is -0.508 e. The number of hydrogen-bond donors (Lipinski definition) is 3. The maximum absolute atomic E-state index is 10.6. The summed E-state index contributed by atoms with van der Waals surface area (Å²) in [7, 11) is 0. The van der Waals surface area contributed by atoms with Crippen molar-refractivity contribution in [2.45, 2.75) is 6.92 Å². The fourth-order valence-electron chi connectivity index (χ4n) is 1.01. The van der Waals surface area contributed by atoms with Crippen molar-refractivity contribution in [2.75, 3.05) is 5.73 Å². The van der Waals surface area contributed by atoms with Gasteiger partial charge >= 0.3 is 5.97 Å². The van der Waals surface area contributed by atoms with Crippen LogP contribution in [0.15, 0.2) is 12.1 Å². The van der Waals surface area contributed by atoms with Crippen LogP contribution in [-0.4, -0.2) is 16.2 Å². The van der Waals surface area contributed by atoms with E-state index >= 15 is 0 Å². The van der Waals surface area contributed by atoms with Gasteiger partial charge in [0.05, 0.1) is 5.56 Å². The summed E-state index contributed by atoms with van der Waals surface area (Å²) in [5, 5.41) is 17.8. The third kappa shape index (κ3) is 1.18. The second-order valence-corrected chi connectivity index (χ2v) is 2.48. The van der Waals surface area contributed by atoms with E-state index in [0.29, 0.717) is 5.56 Å². The van der Waals surface area contributed by atoms with Crippen LogP contribution in [0.25, 0.3) is 0 Å². The van der Waals surface area contributed by atoms with Crippen LogP contribution in [0.3, 0.4) is 0 Å². The number of benzene rings is 1. The first-order chi connectivity index (χ1) is 5.54. The molecule has 0 bridgehead atoms. The molecule has 0 amide bonds. The summed E-state index contributed by atoms with van der Waals surface area (Å²) in [6.07, 6.45) is 0. The molecule has 0 unspecified atom stereocenters. The van der Waals surface area contributed by atoms with Gasteiger partial charge in [0.1, 0.15) is 5.75 Å². The molecule has 0 spiro atoms. The molecule has 12 heavy (non-hydrogen) atoms. The van der Waals surface area contributed by atoms with Crippen LogP contribution in [0.1, 0.15) is 15.9 Å². The monoisotopic (exact) mass is 167 g/mol. The Morgan fingerprint density at radius 3 is 2.50 bits per heavy atom. The number of hydrogen-bond acceptors (Lipinski definition) is 3. The Balaban J connectivity index is 3.43. The molecular formula is C8H9NO3. The Labute approximate surface area is 69.3 Å². The number of phenolic OH excluding ortho intramolecular Hbond substituents is 1. The van der Waals surface area contributed by atoms with Crippen molar-refractivity contribution in [3.8, 4) is 5.75 Å². The van der Waals surface area contributed by atoms with E-state index < -0.39 is 5.97 Å². The molecule has 4 nitrogen and oxygen atoms in total. The van der Waals surface area contributed by atoms with Crippen LogP contribution < -0.4 is 5.73 Å². The third-order valence-corrected chi connectivity index (χ3v) is 1.68. The summed E-state index contributed by atoms with van der Waals surface area (Å²) in [5.74, 6) is -1.18. The summed E-state index contributed by atoms with van der Waals surface area (Å²) in [4.78, 5) is 10.6. The normalized spacial score (nSPS) is 9.75. The van der Waals surface area contributed by atoms with E-state index in [-0.39, 0.29) is 17.0 Å². The predicted molar refractivity (Wildman–Crippen MR) is 44.2 cm³/mol. The molecule has 4 N–H and O–H groups in total. The summed E-state index contributed by atoms with van der Waals surface area (Å²) >= 11 is 0. The van der Waals surface area contributed by atoms with Gasteiger partial charge < -0.3 is 15.9 Å². The minimum absolute atomic E-state index is 0.0324. The number of nitrogens with two attached hydrogens (primary N) is 1. The first kappa shape index (κ1) is 8.39. The highest BCUT2D eigenvalue weighted by Gasteiger charge is 2.13. The number of carbonyl (C=O) groups is 1.